The van der Waals surface area contributed by atoms with Crippen molar-refractivity contribution in [2.24, 2.45) is 11.8 Å². The predicted molar refractivity (Wildman–Crippen MR) is 164 cm³/mol. The molecule has 3 heterocycles. The summed E-state index contributed by atoms with van der Waals surface area (Å²) in [4.78, 5) is 45.5. The highest BCUT2D eigenvalue weighted by Gasteiger charge is 2.76. The van der Waals surface area contributed by atoms with Crippen LogP contribution >= 0.6 is 39.3 Å². The first-order chi connectivity index (χ1) is 19.3. The number of thioether (sulfide) groups is 1. The Labute approximate surface area is 254 Å². The van der Waals surface area contributed by atoms with E-state index in [0.29, 0.717) is 43.1 Å². The van der Waals surface area contributed by atoms with Crippen molar-refractivity contribution < 1.29 is 24.2 Å². The number of benzene rings is 1. The van der Waals surface area contributed by atoms with Gasteiger partial charge in [-0.25, -0.2) is 0 Å². The molecule has 10 heteroatoms. The number of aliphatic hydroxyl groups excluding tert-OH is 1. The maximum absolute atomic E-state index is 14.5. The van der Waals surface area contributed by atoms with Crippen molar-refractivity contribution in [1.82, 2.24) is 4.90 Å². The summed E-state index contributed by atoms with van der Waals surface area (Å²) in [6.45, 7) is 8.56. The summed E-state index contributed by atoms with van der Waals surface area (Å²) in [5, 5.41) is 9.54. The number of hydrogen-bond acceptors (Lipinski definition) is 6. The number of para-hydroxylation sites is 1. The van der Waals surface area contributed by atoms with Gasteiger partial charge in [0.1, 0.15) is 6.04 Å². The summed E-state index contributed by atoms with van der Waals surface area (Å²) in [5.74, 6) is -2.01. The van der Waals surface area contributed by atoms with Crippen LogP contribution in [0, 0.1) is 11.8 Å². The number of aliphatic hydroxyl groups is 1. The number of unbranched alkanes of at least 4 members (excludes halogenated alkanes) is 4. The zero-order chi connectivity index (χ0) is 28.9. The van der Waals surface area contributed by atoms with Gasteiger partial charge in [-0.15, -0.1) is 24.9 Å². The number of fused-ring (bicyclic) bond motifs is 1. The van der Waals surface area contributed by atoms with Crippen LogP contribution in [0.25, 0.3) is 0 Å². The van der Waals surface area contributed by atoms with Gasteiger partial charge < -0.3 is 19.6 Å². The highest BCUT2D eigenvalue weighted by atomic mass is 79.9. The molecule has 7 nitrogen and oxygen atoms in total. The van der Waals surface area contributed by atoms with E-state index in [2.05, 4.69) is 29.1 Å². The van der Waals surface area contributed by atoms with Crippen molar-refractivity contribution in [2.75, 3.05) is 31.2 Å². The summed E-state index contributed by atoms with van der Waals surface area (Å²) >= 11 is 11.9. The number of carbonyl (C=O) groups is 3. The Bertz CT molecular complexity index is 1120. The topological polar surface area (TPSA) is 87.2 Å². The third-order valence-corrected chi connectivity index (χ3v) is 11.7. The Morgan fingerprint density at radius 3 is 2.67 bits per heavy atom. The Kier molecular flexibility index (Phi) is 10.8. The molecule has 0 aromatic heterocycles. The first kappa shape index (κ1) is 31.1. The average molecular weight is 654 g/mol. The second kappa shape index (κ2) is 13.9. The fraction of sp³-hybridized carbons (Fsp3) is 0.567. The normalized spacial score (nSPS) is 28.4. The number of anilines is 1. The average Bonchev–Trinajstić information content (AvgIpc) is 3.53. The standard InChI is InChI=1S/C30H38BrClN2O5S/c1-3-5-6-12-18-39-29(38)23-24-27(36)34(16-10-7-11-17-35)26(30(24)19-20(31)25(23)40-30)28(37)33(15-4-2)22-14-9-8-13-21(22)32/h3-4,8-9,13-14,20,23-26,35H,1-2,5-7,10-12,15-19H2/t20?,23-,24+,25-,26?,30?/m1/s1. The summed E-state index contributed by atoms with van der Waals surface area (Å²) in [5.41, 5.74) is 0.560. The molecule has 2 amide bonds. The van der Waals surface area contributed by atoms with E-state index in [-0.39, 0.29) is 41.0 Å². The third kappa shape index (κ3) is 5.90. The number of nitrogens with zero attached hydrogens (tertiary/aromatic N) is 2. The van der Waals surface area contributed by atoms with Gasteiger partial charge >= 0.3 is 5.97 Å². The fourth-order valence-electron chi connectivity index (χ4n) is 6.40. The van der Waals surface area contributed by atoms with Gasteiger partial charge in [-0.3, -0.25) is 14.4 Å². The van der Waals surface area contributed by atoms with Crippen molar-refractivity contribution in [3.63, 3.8) is 0 Å². The van der Waals surface area contributed by atoms with Crippen LogP contribution in [0.3, 0.4) is 0 Å². The first-order valence-corrected chi connectivity index (χ1v) is 16.2. The monoisotopic (exact) mass is 652 g/mol. The van der Waals surface area contributed by atoms with E-state index in [4.69, 9.17) is 16.3 Å². The lowest BCUT2D eigenvalue weighted by atomic mass is 9.71. The van der Waals surface area contributed by atoms with Gasteiger partial charge in [0.15, 0.2) is 0 Å². The molecule has 2 bridgehead atoms. The van der Waals surface area contributed by atoms with Crippen LogP contribution in [0.5, 0.6) is 0 Å². The van der Waals surface area contributed by atoms with Crippen LogP contribution in [0.2, 0.25) is 5.02 Å². The Morgan fingerprint density at radius 2 is 1.98 bits per heavy atom. The molecule has 0 saturated carbocycles. The minimum atomic E-state index is -0.768. The van der Waals surface area contributed by atoms with Crippen molar-refractivity contribution in [3.05, 3.63) is 54.6 Å². The molecule has 218 valence electrons. The van der Waals surface area contributed by atoms with Crippen molar-refractivity contribution in [3.8, 4) is 0 Å². The number of carbonyl (C=O) groups excluding carboxylic acids is 3. The minimum Gasteiger partial charge on any atom is -0.465 e. The number of esters is 1. The summed E-state index contributed by atoms with van der Waals surface area (Å²) in [6.07, 6.45) is 8.56. The van der Waals surface area contributed by atoms with Crippen molar-refractivity contribution in [1.29, 1.82) is 0 Å². The number of likely N-dealkylation sites (tertiary alicyclic amines) is 1. The molecule has 1 spiro atoms. The van der Waals surface area contributed by atoms with Crippen LogP contribution in [0.4, 0.5) is 5.69 Å². The molecule has 3 aliphatic heterocycles. The van der Waals surface area contributed by atoms with Gasteiger partial charge in [0, 0.05) is 29.8 Å². The van der Waals surface area contributed by atoms with Crippen LogP contribution < -0.4 is 4.90 Å². The Hall–Kier alpha value is -1.81. The lowest BCUT2D eigenvalue weighted by Crippen LogP contribution is -2.55. The molecule has 6 atom stereocenters. The van der Waals surface area contributed by atoms with E-state index in [9.17, 15) is 19.5 Å². The molecular formula is C30H38BrClN2O5S. The van der Waals surface area contributed by atoms with Crippen LogP contribution in [-0.4, -0.2) is 75.0 Å². The molecule has 3 saturated heterocycles. The van der Waals surface area contributed by atoms with Gasteiger partial charge in [0.25, 0.3) is 5.91 Å². The molecule has 1 aromatic carbocycles. The predicted octanol–water partition coefficient (Wildman–Crippen LogP) is 5.39. The fourth-order valence-corrected chi connectivity index (χ4v) is 10.2. The highest BCUT2D eigenvalue weighted by Crippen LogP contribution is 2.68. The molecule has 1 aromatic rings. The van der Waals surface area contributed by atoms with E-state index in [1.165, 1.54) is 0 Å². The van der Waals surface area contributed by atoms with Crippen LogP contribution in [0.1, 0.15) is 44.9 Å². The van der Waals surface area contributed by atoms with E-state index < -0.39 is 22.6 Å². The molecular weight excluding hydrogens is 616 g/mol. The maximum Gasteiger partial charge on any atom is 0.310 e. The number of allylic oxidation sites excluding steroid dienone is 1. The largest absolute Gasteiger partial charge is 0.465 e. The molecule has 4 rings (SSSR count). The number of rotatable bonds is 15. The van der Waals surface area contributed by atoms with Gasteiger partial charge in [0.2, 0.25) is 5.91 Å². The van der Waals surface area contributed by atoms with E-state index in [1.807, 2.05) is 12.1 Å². The quantitative estimate of drug-likeness (QED) is 0.118. The van der Waals surface area contributed by atoms with Gasteiger partial charge in [-0.05, 0) is 57.1 Å². The van der Waals surface area contributed by atoms with Crippen LogP contribution in [0.15, 0.2) is 49.6 Å². The third-order valence-electron chi connectivity index (χ3n) is 8.12. The second-order valence-corrected chi connectivity index (χ2v) is 13.7. The maximum atomic E-state index is 14.5. The minimum absolute atomic E-state index is 0.0299. The molecule has 3 unspecified atom stereocenters. The Balaban J connectivity index is 1.68. The van der Waals surface area contributed by atoms with Crippen molar-refractivity contribution in [2.45, 2.75) is 65.8 Å². The lowest BCUT2D eigenvalue weighted by Gasteiger charge is -2.38. The zero-order valence-electron chi connectivity index (χ0n) is 22.7. The lowest BCUT2D eigenvalue weighted by molar-refractivity contribution is -0.154. The number of amides is 2. The molecule has 0 aliphatic carbocycles. The Morgan fingerprint density at radius 1 is 1.20 bits per heavy atom. The molecule has 3 fully saturated rings. The first-order valence-electron chi connectivity index (χ1n) is 14.0. The van der Waals surface area contributed by atoms with E-state index in [1.54, 1.807) is 45.8 Å². The van der Waals surface area contributed by atoms with Crippen LogP contribution in [-0.2, 0) is 19.1 Å². The van der Waals surface area contributed by atoms with E-state index in [0.717, 1.165) is 25.7 Å². The smallest absolute Gasteiger partial charge is 0.310 e. The number of halogens is 2. The molecule has 40 heavy (non-hydrogen) atoms. The van der Waals surface area contributed by atoms with Crippen molar-refractivity contribution >= 4 is 62.8 Å². The number of ether oxygens (including phenoxy) is 1. The van der Waals surface area contributed by atoms with Gasteiger partial charge in [0.05, 0.1) is 33.9 Å². The second-order valence-electron chi connectivity index (χ2n) is 10.6. The zero-order valence-corrected chi connectivity index (χ0v) is 25.8. The highest BCUT2D eigenvalue weighted by molar-refractivity contribution is 9.09. The molecule has 1 N–H and O–H groups in total. The SMILES string of the molecule is C=CCCCCOC(=O)[C@H]1[C@@H]2SC3(CC2Br)C(C(=O)N(CC=C)c2ccccc2Cl)N(CCCCCO)C(=O)[C@H]13. The van der Waals surface area contributed by atoms with Gasteiger partial charge in [-0.2, -0.15) is 0 Å². The molecule has 0 radical (unpaired) electrons. The number of hydrogen-bond donors (Lipinski definition) is 1. The summed E-state index contributed by atoms with van der Waals surface area (Å²) in [6, 6.07) is 6.39. The van der Waals surface area contributed by atoms with Gasteiger partial charge in [-0.1, -0.05) is 51.8 Å². The van der Waals surface area contributed by atoms with E-state index >= 15 is 0 Å². The summed E-state index contributed by atoms with van der Waals surface area (Å²) < 4.78 is 4.94. The molecule has 3 aliphatic rings. The number of alkyl halides is 1. The summed E-state index contributed by atoms with van der Waals surface area (Å²) in [7, 11) is 0.